The average molecular weight is 264 g/mol. The number of hydrogen-bond donors (Lipinski definition) is 1. The summed E-state index contributed by atoms with van der Waals surface area (Å²) in [6.45, 7) is 4.63. The third-order valence-electron chi connectivity index (χ3n) is 4.55. The van der Waals surface area contributed by atoms with Crippen LogP contribution in [0.3, 0.4) is 0 Å². The Balaban J connectivity index is 1.67. The predicted octanol–water partition coefficient (Wildman–Crippen LogP) is 3.65. The van der Waals surface area contributed by atoms with E-state index in [1.54, 1.807) is 4.88 Å². The Bertz CT molecular complexity index is 387. The number of nitrogens with zero attached hydrogens (tertiary/aromatic N) is 1. The first-order valence-corrected chi connectivity index (χ1v) is 8.31. The van der Waals surface area contributed by atoms with Crippen LogP contribution < -0.4 is 5.32 Å². The third kappa shape index (κ3) is 2.77. The van der Waals surface area contributed by atoms with Crippen LogP contribution in [0.5, 0.6) is 0 Å². The standard InChI is InChI=1S/C15H24N2S/c1-11-14(10-12-6-8-16-9-7-12)18-15(17-11)13-4-2-3-5-13/h12-13,16H,2-10H2,1H3. The van der Waals surface area contributed by atoms with Crippen molar-refractivity contribution in [2.45, 2.75) is 57.8 Å². The van der Waals surface area contributed by atoms with E-state index < -0.39 is 0 Å². The lowest BCUT2D eigenvalue weighted by Crippen LogP contribution is -2.28. The Hall–Kier alpha value is -0.410. The van der Waals surface area contributed by atoms with E-state index in [0.717, 1.165) is 11.8 Å². The molecule has 1 aliphatic heterocycles. The molecule has 1 aromatic heterocycles. The Morgan fingerprint density at radius 3 is 2.61 bits per heavy atom. The van der Waals surface area contributed by atoms with E-state index in [0.29, 0.717) is 0 Å². The van der Waals surface area contributed by atoms with Crippen LogP contribution in [-0.2, 0) is 6.42 Å². The summed E-state index contributed by atoms with van der Waals surface area (Å²) in [4.78, 5) is 6.43. The highest BCUT2D eigenvalue weighted by Crippen LogP contribution is 2.38. The number of rotatable bonds is 3. The summed E-state index contributed by atoms with van der Waals surface area (Å²) in [6, 6.07) is 0. The number of thiazole rings is 1. The molecule has 2 nitrogen and oxygen atoms in total. The molecule has 1 saturated heterocycles. The minimum atomic E-state index is 0.787. The van der Waals surface area contributed by atoms with Crippen molar-refractivity contribution in [1.82, 2.24) is 10.3 Å². The molecule has 0 radical (unpaired) electrons. The molecular formula is C15H24N2S. The van der Waals surface area contributed by atoms with Gasteiger partial charge in [-0.2, -0.15) is 0 Å². The van der Waals surface area contributed by atoms with E-state index in [2.05, 4.69) is 12.2 Å². The molecule has 100 valence electrons. The summed E-state index contributed by atoms with van der Waals surface area (Å²) >= 11 is 2.02. The number of nitrogens with one attached hydrogen (secondary N) is 1. The molecule has 2 fully saturated rings. The second kappa shape index (κ2) is 5.70. The first-order chi connectivity index (χ1) is 8.83. The van der Waals surface area contributed by atoms with Gasteiger partial charge < -0.3 is 5.32 Å². The molecular weight excluding hydrogens is 240 g/mol. The highest BCUT2D eigenvalue weighted by molar-refractivity contribution is 7.11. The lowest BCUT2D eigenvalue weighted by molar-refractivity contribution is 0.374. The van der Waals surface area contributed by atoms with Crippen molar-refractivity contribution in [2.24, 2.45) is 5.92 Å². The number of piperidine rings is 1. The molecule has 0 bridgehead atoms. The fourth-order valence-electron chi connectivity index (χ4n) is 3.34. The van der Waals surface area contributed by atoms with Crippen molar-refractivity contribution in [3.63, 3.8) is 0 Å². The van der Waals surface area contributed by atoms with Crippen molar-refractivity contribution in [1.29, 1.82) is 0 Å². The molecule has 3 rings (SSSR count). The SMILES string of the molecule is Cc1nc(C2CCCC2)sc1CC1CCNCC1. The minimum absolute atomic E-state index is 0.787. The summed E-state index contributed by atoms with van der Waals surface area (Å²) < 4.78 is 0. The Morgan fingerprint density at radius 2 is 1.89 bits per heavy atom. The third-order valence-corrected chi connectivity index (χ3v) is 5.89. The minimum Gasteiger partial charge on any atom is -0.317 e. The first-order valence-electron chi connectivity index (χ1n) is 7.50. The number of aromatic nitrogens is 1. The van der Waals surface area contributed by atoms with Gasteiger partial charge in [-0.05, 0) is 58.0 Å². The molecule has 1 aromatic rings. The van der Waals surface area contributed by atoms with Crippen molar-refractivity contribution in [3.8, 4) is 0 Å². The Labute approximate surface area is 114 Å². The van der Waals surface area contributed by atoms with Crippen LogP contribution >= 0.6 is 11.3 Å². The van der Waals surface area contributed by atoms with Crippen LogP contribution in [0, 0.1) is 12.8 Å². The lowest BCUT2D eigenvalue weighted by Gasteiger charge is -2.21. The van der Waals surface area contributed by atoms with Gasteiger partial charge in [0.05, 0.1) is 10.7 Å². The maximum absolute atomic E-state index is 4.86. The largest absolute Gasteiger partial charge is 0.317 e. The van der Waals surface area contributed by atoms with E-state index in [-0.39, 0.29) is 0 Å². The second-order valence-electron chi connectivity index (χ2n) is 5.94. The number of hydrogen-bond acceptors (Lipinski definition) is 3. The monoisotopic (exact) mass is 264 g/mol. The van der Waals surface area contributed by atoms with Crippen molar-refractivity contribution >= 4 is 11.3 Å². The zero-order chi connectivity index (χ0) is 12.4. The smallest absolute Gasteiger partial charge is 0.0961 e. The molecule has 2 heterocycles. The van der Waals surface area contributed by atoms with Gasteiger partial charge in [0.2, 0.25) is 0 Å². The van der Waals surface area contributed by atoms with Crippen LogP contribution in [0.15, 0.2) is 0 Å². The molecule has 3 heteroatoms. The van der Waals surface area contributed by atoms with Crippen LogP contribution in [0.25, 0.3) is 0 Å². The maximum atomic E-state index is 4.86. The second-order valence-corrected chi connectivity index (χ2v) is 7.05. The summed E-state index contributed by atoms with van der Waals surface area (Å²) in [5.41, 5.74) is 1.32. The highest BCUT2D eigenvalue weighted by atomic mass is 32.1. The van der Waals surface area contributed by atoms with E-state index in [1.165, 1.54) is 68.7 Å². The van der Waals surface area contributed by atoms with E-state index in [4.69, 9.17) is 4.98 Å². The van der Waals surface area contributed by atoms with Gasteiger partial charge in [0.15, 0.2) is 0 Å². The molecule has 1 saturated carbocycles. The fourth-order valence-corrected chi connectivity index (χ4v) is 4.69. The van der Waals surface area contributed by atoms with E-state index in [1.807, 2.05) is 11.3 Å². The highest BCUT2D eigenvalue weighted by Gasteiger charge is 2.23. The van der Waals surface area contributed by atoms with E-state index >= 15 is 0 Å². The van der Waals surface area contributed by atoms with Gasteiger partial charge in [-0.1, -0.05) is 12.8 Å². The topological polar surface area (TPSA) is 24.9 Å². The average Bonchev–Trinajstić information content (AvgIpc) is 3.01. The van der Waals surface area contributed by atoms with Crippen molar-refractivity contribution < 1.29 is 0 Å². The normalized spacial score (nSPS) is 22.7. The molecule has 0 atom stereocenters. The summed E-state index contributed by atoms with van der Waals surface area (Å²) in [5, 5.41) is 4.89. The predicted molar refractivity (Wildman–Crippen MR) is 77.4 cm³/mol. The molecule has 1 aliphatic carbocycles. The van der Waals surface area contributed by atoms with Gasteiger partial charge in [-0.25, -0.2) is 4.98 Å². The first kappa shape index (κ1) is 12.6. The summed E-state index contributed by atoms with van der Waals surface area (Å²) in [6.07, 6.45) is 9.53. The molecule has 0 spiro atoms. The van der Waals surface area contributed by atoms with Crippen LogP contribution in [0.4, 0.5) is 0 Å². The molecule has 2 aliphatic rings. The Kier molecular flexibility index (Phi) is 4.00. The van der Waals surface area contributed by atoms with Crippen LogP contribution in [-0.4, -0.2) is 18.1 Å². The van der Waals surface area contributed by atoms with Gasteiger partial charge in [0.1, 0.15) is 0 Å². The molecule has 0 unspecified atom stereocenters. The van der Waals surface area contributed by atoms with Crippen molar-refractivity contribution in [2.75, 3.05) is 13.1 Å². The zero-order valence-electron chi connectivity index (χ0n) is 11.4. The lowest BCUT2D eigenvalue weighted by atomic mass is 9.94. The van der Waals surface area contributed by atoms with Gasteiger partial charge >= 0.3 is 0 Å². The fraction of sp³-hybridized carbons (Fsp3) is 0.800. The van der Waals surface area contributed by atoms with Gasteiger partial charge in [0, 0.05) is 10.8 Å². The summed E-state index contributed by atoms with van der Waals surface area (Å²) in [5.74, 6) is 1.68. The van der Waals surface area contributed by atoms with Crippen LogP contribution in [0.1, 0.15) is 60.0 Å². The van der Waals surface area contributed by atoms with Crippen molar-refractivity contribution in [3.05, 3.63) is 15.6 Å². The Morgan fingerprint density at radius 1 is 1.17 bits per heavy atom. The molecule has 18 heavy (non-hydrogen) atoms. The van der Waals surface area contributed by atoms with Gasteiger partial charge in [-0.15, -0.1) is 11.3 Å². The number of aryl methyl sites for hydroxylation is 1. The van der Waals surface area contributed by atoms with E-state index in [9.17, 15) is 0 Å². The maximum Gasteiger partial charge on any atom is 0.0961 e. The van der Waals surface area contributed by atoms with Gasteiger partial charge in [0.25, 0.3) is 0 Å². The molecule has 0 aromatic carbocycles. The van der Waals surface area contributed by atoms with Gasteiger partial charge in [-0.3, -0.25) is 0 Å². The quantitative estimate of drug-likeness (QED) is 0.901. The summed E-state index contributed by atoms with van der Waals surface area (Å²) in [7, 11) is 0. The molecule has 1 N–H and O–H groups in total. The zero-order valence-corrected chi connectivity index (χ0v) is 12.2. The molecule has 0 amide bonds. The van der Waals surface area contributed by atoms with Crippen LogP contribution in [0.2, 0.25) is 0 Å².